The van der Waals surface area contributed by atoms with Gasteiger partial charge in [-0.1, -0.05) is 6.08 Å². The zero-order valence-electron chi connectivity index (χ0n) is 8.33. The quantitative estimate of drug-likeness (QED) is 0.625. The Balaban J connectivity index is 2.70. The van der Waals surface area contributed by atoms with Gasteiger partial charge < -0.3 is 9.47 Å². The Labute approximate surface area is 78.8 Å². The van der Waals surface area contributed by atoms with Crippen molar-refractivity contribution in [1.82, 2.24) is 0 Å². The standard InChI is InChI=1S/C10H15NO2/c1-8-5-4-6-10(9(2)11-8)13-7-12-3/h4-5H,6-7H2,1-3H3. The zero-order valence-corrected chi connectivity index (χ0v) is 8.33. The van der Waals surface area contributed by atoms with Gasteiger partial charge in [0.25, 0.3) is 0 Å². The average molecular weight is 181 g/mol. The Kier molecular flexibility index (Phi) is 3.71. The summed E-state index contributed by atoms with van der Waals surface area (Å²) < 4.78 is 10.2. The van der Waals surface area contributed by atoms with Crippen molar-refractivity contribution >= 4 is 5.71 Å². The van der Waals surface area contributed by atoms with E-state index < -0.39 is 0 Å². The lowest BCUT2D eigenvalue weighted by atomic mass is 10.3. The van der Waals surface area contributed by atoms with Crippen LogP contribution in [0.4, 0.5) is 0 Å². The number of ether oxygens (including phenoxy) is 2. The lowest BCUT2D eigenvalue weighted by Crippen LogP contribution is -1.98. The summed E-state index contributed by atoms with van der Waals surface area (Å²) in [6, 6.07) is 0. The predicted molar refractivity (Wildman–Crippen MR) is 52.5 cm³/mol. The number of aliphatic imine (C=N–C) groups is 1. The van der Waals surface area contributed by atoms with Gasteiger partial charge in [0.2, 0.25) is 0 Å². The second-order valence-corrected chi connectivity index (χ2v) is 2.92. The molecule has 3 heteroatoms. The number of allylic oxidation sites excluding steroid dienone is 3. The lowest BCUT2D eigenvalue weighted by molar-refractivity contribution is 0.00280. The van der Waals surface area contributed by atoms with Crippen molar-refractivity contribution in [3.05, 3.63) is 23.6 Å². The highest BCUT2D eigenvalue weighted by atomic mass is 16.7. The van der Waals surface area contributed by atoms with E-state index in [0.717, 1.165) is 23.6 Å². The van der Waals surface area contributed by atoms with E-state index in [1.807, 2.05) is 26.0 Å². The first-order chi connectivity index (χ1) is 6.24. The highest BCUT2D eigenvalue weighted by Crippen LogP contribution is 2.15. The van der Waals surface area contributed by atoms with Crippen molar-refractivity contribution in [2.24, 2.45) is 4.99 Å². The topological polar surface area (TPSA) is 30.8 Å². The number of methoxy groups -OCH3 is 1. The fourth-order valence-corrected chi connectivity index (χ4v) is 1.14. The van der Waals surface area contributed by atoms with Gasteiger partial charge in [-0.05, 0) is 19.9 Å². The number of rotatable bonds is 3. The van der Waals surface area contributed by atoms with Crippen LogP contribution in [0.3, 0.4) is 0 Å². The molecule has 0 aromatic carbocycles. The third-order valence-electron chi connectivity index (χ3n) is 1.76. The largest absolute Gasteiger partial charge is 0.470 e. The maximum Gasteiger partial charge on any atom is 0.188 e. The summed E-state index contributed by atoms with van der Waals surface area (Å²) in [5, 5.41) is 0. The molecule has 0 bridgehead atoms. The molecule has 0 amide bonds. The van der Waals surface area contributed by atoms with Gasteiger partial charge in [-0.15, -0.1) is 0 Å². The molecule has 72 valence electrons. The molecule has 13 heavy (non-hydrogen) atoms. The maximum atomic E-state index is 5.37. The minimum atomic E-state index is 0.287. The first-order valence-electron chi connectivity index (χ1n) is 4.27. The highest BCUT2D eigenvalue weighted by molar-refractivity contribution is 5.93. The Morgan fingerprint density at radius 1 is 1.46 bits per heavy atom. The monoisotopic (exact) mass is 181 g/mol. The fraction of sp³-hybridized carbons (Fsp3) is 0.500. The molecule has 1 rings (SSSR count). The Hall–Kier alpha value is -1.09. The van der Waals surface area contributed by atoms with Gasteiger partial charge in [-0.2, -0.15) is 0 Å². The SMILES string of the molecule is COCOC1=C(C)N=C(C)C=CC1. The first kappa shape index (κ1) is 9.99. The smallest absolute Gasteiger partial charge is 0.188 e. The molecule has 0 aliphatic carbocycles. The van der Waals surface area contributed by atoms with Crippen LogP contribution in [0.25, 0.3) is 0 Å². The van der Waals surface area contributed by atoms with E-state index in [1.165, 1.54) is 0 Å². The molecule has 3 nitrogen and oxygen atoms in total. The fourth-order valence-electron chi connectivity index (χ4n) is 1.14. The van der Waals surface area contributed by atoms with Crippen molar-refractivity contribution in [3.8, 4) is 0 Å². The summed E-state index contributed by atoms with van der Waals surface area (Å²) in [5.41, 5.74) is 1.94. The van der Waals surface area contributed by atoms with Crippen molar-refractivity contribution < 1.29 is 9.47 Å². The van der Waals surface area contributed by atoms with E-state index in [1.54, 1.807) is 7.11 Å². The van der Waals surface area contributed by atoms with Crippen LogP contribution in [0, 0.1) is 0 Å². The van der Waals surface area contributed by atoms with Crippen LogP contribution in [0.2, 0.25) is 0 Å². The van der Waals surface area contributed by atoms with E-state index in [4.69, 9.17) is 9.47 Å². The molecule has 1 heterocycles. The van der Waals surface area contributed by atoms with E-state index in [-0.39, 0.29) is 6.79 Å². The average Bonchev–Trinajstić information content (AvgIpc) is 2.24. The van der Waals surface area contributed by atoms with Crippen LogP contribution in [-0.2, 0) is 9.47 Å². The molecule has 1 aliphatic heterocycles. The van der Waals surface area contributed by atoms with Crippen LogP contribution < -0.4 is 0 Å². The van der Waals surface area contributed by atoms with Gasteiger partial charge >= 0.3 is 0 Å². The molecule has 0 fully saturated rings. The van der Waals surface area contributed by atoms with Gasteiger partial charge in [0, 0.05) is 19.2 Å². The van der Waals surface area contributed by atoms with Crippen LogP contribution in [0.5, 0.6) is 0 Å². The first-order valence-corrected chi connectivity index (χ1v) is 4.27. The van der Waals surface area contributed by atoms with Crippen molar-refractivity contribution in [2.45, 2.75) is 20.3 Å². The van der Waals surface area contributed by atoms with Crippen LogP contribution in [0.1, 0.15) is 20.3 Å². The number of hydrogen-bond acceptors (Lipinski definition) is 3. The van der Waals surface area contributed by atoms with Crippen LogP contribution >= 0.6 is 0 Å². The Morgan fingerprint density at radius 3 is 2.92 bits per heavy atom. The van der Waals surface area contributed by atoms with E-state index in [2.05, 4.69) is 4.99 Å². The second-order valence-electron chi connectivity index (χ2n) is 2.92. The summed E-state index contributed by atoms with van der Waals surface area (Å²) in [4.78, 5) is 4.34. The van der Waals surface area contributed by atoms with Crippen molar-refractivity contribution in [1.29, 1.82) is 0 Å². The molecule has 0 atom stereocenters. The Bertz CT molecular complexity index is 264. The maximum absolute atomic E-state index is 5.37. The van der Waals surface area contributed by atoms with Gasteiger partial charge in [-0.25, -0.2) is 0 Å². The summed E-state index contributed by atoms with van der Waals surface area (Å²) in [6.45, 7) is 4.20. The number of hydrogen-bond donors (Lipinski definition) is 0. The van der Waals surface area contributed by atoms with Crippen molar-refractivity contribution in [2.75, 3.05) is 13.9 Å². The van der Waals surface area contributed by atoms with Gasteiger partial charge in [0.05, 0.1) is 5.70 Å². The molecular weight excluding hydrogens is 166 g/mol. The van der Waals surface area contributed by atoms with Crippen LogP contribution in [-0.4, -0.2) is 19.6 Å². The molecule has 0 radical (unpaired) electrons. The zero-order chi connectivity index (χ0) is 9.68. The van der Waals surface area contributed by atoms with Gasteiger partial charge in [0.1, 0.15) is 5.76 Å². The minimum absolute atomic E-state index is 0.287. The summed E-state index contributed by atoms with van der Waals surface area (Å²) >= 11 is 0. The molecule has 0 spiro atoms. The van der Waals surface area contributed by atoms with Crippen molar-refractivity contribution in [3.63, 3.8) is 0 Å². The lowest BCUT2D eigenvalue weighted by Gasteiger charge is -2.08. The summed E-state index contributed by atoms with van der Waals surface area (Å²) in [6.07, 6.45) is 4.82. The predicted octanol–water partition coefficient (Wildman–Crippen LogP) is 2.26. The molecule has 0 N–H and O–H groups in total. The van der Waals surface area contributed by atoms with E-state index >= 15 is 0 Å². The number of nitrogens with zero attached hydrogens (tertiary/aromatic N) is 1. The molecule has 0 aromatic heterocycles. The summed E-state index contributed by atoms with van der Waals surface area (Å²) in [5.74, 6) is 0.884. The third kappa shape index (κ3) is 3.03. The van der Waals surface area contributed by atoms with Gasteiger partial charge in [0.15, 0.2) is 6.79 Å². The summed E-state index contributed by atoms with van der Waals surface area (Å²) in [7, 11) is 1.61. The van der Waals surface area contributed by atoms with Gasteiger partial charge in [-0.3, -0.25) is 4.99 Å². The van der Waals surface area contributed by atoms with E-state index in [0.29, 0.717) is 0 Å². The molecule has 0 saturated carbocycles. The third-order valence-corrected chi connectivity index (χ3v) is 1.76. The second kappa shape index (κ2) is 4.82. The van der Waals surface area contributed by atoms with E-state index in [9.17, 15) is 0 Å². The normalized spacial score (nSPS) is 17.0. The molecular formula is C10H15NO2. The molecule has 0 saturated heterocycles. The Morgan fingerprint density at radius 2 is 2.23 bits per heavy atom. The highest BCUT2D eigenvalue weighted by Gasteiger charge is 2.04. The molecule has 0 aromatic rings. The minimum Gasteiger partial charge on any atom is -0.470 e. The van der Waals surface area contributed by atoms with Crippen LogP contribution in [0.15, 0.2) is 28.6 Å². The molecule has 0 unspecified atom stereocenters. The molecule has 1 aliphatic rings.